The molecule has 0 atom stereocenters. The van der Waals surface area contributed by atoms with Crippen LogP contribution >= 0.6 is 0 Å². The molecule has 58 valence electrons. The van der Waals surface area contributed by atoms with Crippen LogP contribution in [0.5, 0.6) is 0 Å². The lowest BCUT2D eigenvalue weighted by molar-refractivity contribution is 0.110. The van der Waals surface area contributed by atoms with Crippen molar-refractivity contribution in [2.45, 2.75) is 0 Å². The van der Waals surface area contributed by atoms with E-state index < -0.39 is 6.09 Å². The van der Waals surface area contributed by atoms with Gasteiger partial charge >= 0.3 is 6.09 Å². The van der Waals surface area contributed by atoms with E-state index in [-0.39, 0.29) is 11.4 Å². The fourth-order valence-electron chi connectivity index (χ4n) is 0.631. The molecule has 5 heteroatoms. The maximum Gasteiger partial charge on any atom is 0.409 e. The third kappa shape index (κ3) is 1.57. The highest BCUT2D eigenvalue weighted by atomic mass is 16.4. The van der Waals surface area contributed by atoms with Crippen LogP contribution in [0.25, 0.3) is 0 Å². The monoisotopic (exact) mass is 155 g/mol. The number of hydrogen-bond donors (Lipinski definition) is 2. The van der Waals surface area contributed by atoms with E-state index in [9.17, 15) is 9.59 Å². The van der Waals surface area contributed by atoms with Gasteiger partial charge in [0.25, 0.3) is 0 Å². The Morgan fingerprint density at radius 1 is 1.73 bits per heavy atom. The number of nitrogens with one attached hydrogen (secondary N) is 1. The summed E-state index contributed by atoms with van der Waals surface area (Å²) in [5.41, 5.74) is 0.160. The Labute approximate surface area is 61.6 Å². The van der Waals surface area contributed by atoms with Gasteiger partial charge in [0.1, 0.15) is 0 Å². The normalized spacial score (nSPS) is 9.09. The third-order valence-corrected chi connectivity index (χ3v) is 1.04. The van der Waals surface area contributed by atoms with Crippen LogP contribution in [-0.2, 0) is 0 Å². The SMILES string of the molecule is O=Cc1occc1NC(=O)O. The summed E-state index contributed by atoms with van der Waals surface area (Å²) in [6.07, 6.45) is 0.440. The Kier molecular flexibility index (Phi) is 1.91. The maximum absolute atomic E-state index is 10.1. The van der Waals surface area contributed by atoms with Gasteiger partial charge in [0.05, 0.1) is 12.0 Å². The van der Waals surface area contributed by atoms with E-state index in [1.807, 2.05) is 5.32 Å². The van der Waals surface area contributed by atoms with E-state index in [1.165, 1.54) is 12.3 Å². The van der Waals surface area contributed by atoms with E-state index >= 15 is 0 Å². The van der Waals surface area contributed by atoms with Crippen molar-refractivity contribution < 1.29 is 19.1 Å². The molecule has 0 aliphatic rings. The van der Waals surface area contributed by atoms with E-state index in [0.29, 0.717) is 6.29 Å². The lowest BCUT2D eigenvalue weighted by Crippen LogP contribution is -2.07. The lowest BCUT2D eigenvalue weighted by atomic mass is 10.4. The summed E-state index contributed by atoms with van der Waals surface area (Å²) in [5, 5.41) is 10.2. The average Bonchev–Trinajstić information content (AvgIpc) is 2.34. The van der Waals surface area contributed by atoms with Crippen LogP contribution in [-0.4, -0.2) is 17.5 Å². The minimum atomic E-state index is -1.23. The minimum Gasteiger partial charge on any atom is -0.465 e. The molecule has 5 nitrogen and oxygen atoms in total. The van der Waals surface area contributed by atoms with Gasteiger partial charge in [-0.3, -0.25) is 10.1 Å². The van der Waals surface area contributed by atoms with Crippen LogP contribution in [0, 0.1) is 0 Å². The highest BCUT2D eigenvalue weighted by molar-refractivity contribution is 5.90. The van der Waals surface area contributed by atoms with Crippen molar-refractivity contribution in [3.63, 3.8) is 0 Å². The quantitative estimate of drug-likeness (QED) is 0.628. The van der Waals surface area contributed by atoms with Gasteiger partial charge < -0.3 is 9.52 Å². The molecule has 0 aliphatic carbocycles. The maximum atomic E-state index is 10.1. The Morgan fingerprint density at radius 2 is 2.45 bits per heavy atom. The number of aldehydes is 1. The van der Waals surface area contributed by atoms with Crippen LogP contribution in [0.1, 0.15) is 10.6 Å². The van der Waals surface area contributed by atoms with Crippen molar-refractivity contribution in [3.8, 4) is 0 Å². The molecule has 0 aliphatic heterocycles. The Bertz CT molecular complexity index is 278. The first-order valence-corrected chi connectivity index (χ1v) is 2.76. The molecule has 0 unspecified atom stereocenters. The van der Waals surface area contributed by atoms with Gasteiger partial charge in [-0.1, -0.05) is 0 Å². The molecule has 0 saturated heterocycles. The Morgan fingerprint density at radius 3 is 3.00 bits per heavy atom. The second-order valence-electron chi connectivity index (χ2n) is 1.75. The molecular formula is C6H5NO4. The number of carbonyl (C=O) groups excluding carboxylic acids is 1. The van der Waals surface area contributed by atoms with Crippen LogP contribution in [0.2, 0.25) is 0 Å². The van der Waals surface area contributed by atoms with Gasteiger partial charge in [-0.2, -0.15) is 0 Å². The minimum absolute atomic E-state index is 0.0209. The molecule has 2 N–H and O–H groups in total. The zero-order chi connectivity index (χ0) is 8.27. The molecule has 0 aromatic carbocycles. The summed E-state index contributed by atoms with van der Waals surface area (Å²) >= 11 is 0. The van der Waals surface area contributed by atoms with Crippen molar-refractivity contribution in [2.24, 2.45) is 0 Å². The van der Waals surface area contributed by atoms with Gasteiger partial charge in [0, 0.05) is 6.07 Å². The molecule has 1 rings (SSSR count). The van der Waals surface area contributed by atoms with Gasteiger partial charge in [-0.05, 0) is 0 Å². The van der Waals surface area contributed by atoms with Crippen LogP contribution < -0.4 is 5.32 Å². The van der Waals surface area contributed by atoms with Crippen LogP contribution in [0.3, 0.4) is 0 Å². The lowest BCUT2D eigenvalue weighted by Gasteiger charge is -1.93. The summed E-state index contributed by atoms with van der Waals surface area (Å²) in [4.78, 5) is 20.2. The van der Waals surface area contributed by atoms with Crippen LogP contribution in [0.4, 0.5) is 10.5 Å². The Hall–Kier alpha value is -1.78. The summed E-state index contributed by atoms with van der Waals surface area (Å²) in [7, 11) is 0. The summed E-state index contributed by atoms with van der Waals surface area (Å²) in [6, 6.07) is 1.36. The van der Waals surface area contributed by atoms with E-state index in [0.717, 1.165) is 0 Å². The number of amides is 1. The molecule has 1 aromatic heterocycles. The van der Waals surface area contributed by atoms with Gasteiger partial charge in [-0.15, -0.1) is 0 Å². The molecule has 0 spiro atoms. The molecule has 1 heterocycles. The largest absolute Gasteiger partial charge is 0.465 e. The molecule has 11 heavy (non-hydrogen) atoms. The highest BCUT2D eigenvalue weighted by Gasteiger charge is 2.06. The molecule has 0 bridgehead atoms. The number of carbonyl (C=O) groups is 2. The fraction of sp³-hybridized carbons (Fsp3) is 0. The topological polar surface area (TPSA) is 79.5 Å². The standard InChI is InChI=1S/C6H5NO4/c8-3-5-4(1-2-11-5)7-6(9)10/h1-3,7H,(H,9,10). The Balaban J connectivity index is 2.84. The third-order valence-electron chi connectivity index (χ3n) is 1.04. The number of furan rings is 1. The molecule has 0 saturated carbocycles. The molecule has 0 radical (unpaired) electrons. The van der Waals surface area contributed by atoms with Crippen molar-refractivity contribution in [2.75, 3.05) is 5.32 Å². The number of carboxylic acid groups (broad SMARTS) is 1. The summed E-state index contributed by atoms with van der Waals surface area (Å²) in [5.74, 6) is -0.0209. The number of anilines is 1. The zero-order valence-corrected chi connectivity index (χ0v) is 5.40. The molecular weight excluding hydrogens is 150 g/mol. The van der Waals surface area contributed by atoms with Crippen molar-refractivity contribution in [1.82, 2.24) is 0 Å². The summed E-state index contributed by atoms with van der Waals surface area (Å²) in [6.45, 7) is 0. The molecule has 1 amide bonds. The predicted molar refractivity (Wildman–Crippen MR) is 35.7 cm³/mol. The van der Waals surface area contributed by atoms with Gasteiger partial charge in [0.2, 0.25) is 0 Å². The first-order valence-electron chi connectivity index (χ1n) is 2.76. The second kappa shape index (κ2) is 2.87. The van der Waals surface area contributed by atoms with Crippen LogP contribution in [0.15, 0.2) is 16.7 Å². The second-order valence-corrected chi connectivity index (χ2v) is 1.75. The highest BCUT2D eigenvalue weighted by Crippen LogP contribution is 2.13. The van der Waals surface area contributed by atoms with E-state index in [2.05, 4.69) is 4.42 Å². The number of hydrogen-bond acceptors (Lipinski definition) is 3. The predicted octanol–water partition coefficient (Wildman–Crippen LogP) is 1.18. The van der Waals surface area contributed by atoms with Crippen molar-refractivity contribution in [3.05, 3.63) is 18.1 Å². The van der Waals surface area contributed by atoms with Gasteiger partial charge in [0.15, 0.2) is 12.0 Å². The van der Waals surface area contributed by atoms with Crippen molar-refractivity contribution >= 4 is 18.1 Å². The van der Waals surface area contributed by atoms with E-state index in [1.54, 1.807) is 0 Å². The number of rotatable bonds is 2. The fourth-order valence-corrected chi connectivity index (χ4v) is 0.631. The molecule has 0 fully saturated rings. The van der Waals surface area contributed by atoms with Gasteiger partial charge in [-0.25, -0.2) is 4.79 Å². The zero-order valence-electron chi connectivity index (χ0n) is 5.40. The smallest absolute Gasteiger partial charge is 0.409 e. The van der Waals surface area contributed by atoms with E-state index in [4.69, 9.17) is 5.11 Å². The first kappa shape index (κ1) is 7.33. The molecule has 1 aromatic rings. The average molecular weight is 155 g/mol. The van der Waals surface area contributed by atoms with Crippen molar-refractivity contribution in [1.29, 1.82) is 0 Å². The summed E-state index contributed by atoms with van der Waals surface area (Å²) < 4.78 is 4.62. The first-order chi connectivity index (χ1) is 5.24.